The highest BCUT2D eigenvalue weighted by atomic mass is 16.3. The van der Waals surface area contributed by atoms with Gasteiger partial charge < -0.3 is 15.7 Å². The zero-order valence-electron chi connectivity index (χ0n) is 15.2. The summed E-state index contributed by atoms with van der Waals surface area (Å²) in [6, 6.07) is 16.9. The number of carbonyl (C=O) groups excluding carboxylic acids is 1. The highest BCUT2D eigenvalue weighted by Gasteiger charge is 2.29. The van der Waals surface area contributed by atoms with Crippen molar-refractivity contribution in [2.75, 3.05) is 26.2 Å². The molecule has 0 aromatic heterocycles. The van der Waals surface area contributed by atoms with Crippen molar-refractivity contribution >= 4 is 5.91 Å². The second kappa shape index (κ2) is 8.34. The summed E-state index contributed by atoms with van der Waals surface area (Å²) in [6.07, 6.45) is 0. The molecule has 1 fully saturated rings. The molecule has 2 unspecified atom stereocenters. The highest BCUT2D eigenvalue weighted by molar-refractivity contribution is 5.79. The number of hydrogen-bond donors (Lipinski definition) is 2. The van der Waals surface area contributed by atoms with Crippen molar-refractivity contribution in [3.8, 4) is 5.75 Å². The van der Waals surface area contributed by atoms with Gasteiger partial charge in [-0.05, 0) is 23.3 Å². The van der Waals surface area contributed by atoms with Gasteiger partial charge in [0.05, 0.1) is 5.92 Å². The van der Waals surface area contributed by atoms with E-state index in [4.69, 9.17) is 5.73 Å². The van der Waals surface area contributed by atoms with E-state index in [-0.39, 0.29) is 17.9 Å². The van der Waals surface area contributed by atoms with Gasteiger partial charge in [-0.25, -0.2) is 0 Å². The van der Waals surface area contributed by atoms with Gasteiger partial charge in [-0.3, -0.25) is 9.69 Å². The predicted octanol–water partition coefficient (Wildman–Crippen LogP) is 2.37. The standard InChI is InChI=1S/C21H27N3O2/c1-16(20(22)18-7-3-2-4-8-18)21(26)24-12-10-23(11-13-24)15-17-6-5-9-19(25)14-17/h2-9,14,16,20,25H,10-13,15,22H2,1H3. The maximum absolute atomic E-state index is 12.8. The second-order valence-electron chi connectivity index (χ2n) is 7.00. The number of aromatic hydroxyl groups is 1. The van der Waals surface area contributed by atoms with Gasteiger partial charge >= 0.3 is 0 Å². The van der Waals surface area contributed by atoms with Crippen LogP contribution >= 0.6 is 0 Å². The van der Waals surface area contributed by atoms with Crippen molar-refractivity contribution in [3.05, 3.63) is 65.7 Å². The van der Waals surface area contributed by atoms with Crippen LogP contribution in [-0.4, -0.2) is 47.0 Å². The maximum atomic E-state index is 12.8. The van der Waals surface area contributed by atoms with Gasteiger partial charge in [-0.1, -0.05) is 49.4 Å². The Hall–Kier alpha value is -2.37. The fraction of sp³-hybridized carbons (Fsp3) is 0.381. The van der Waals surface area contributed by atoms with Crippen molar-refractivity contribution in [1.82, 2.24) is 9.80 Å². The van der Waals surface area contributed by atoms with Crippen LogP contribution in [0, 0.1) is 5.92 Å². The normalized spacial score (nSPS) is 17.7. The van der Waals surface area contributed by atoms with E-state index in [1.165, 1.54) is 0 Å². The lowest BCUT2D eigenvalue weighted by Gasteiger charge is -2.37. The highest BCUT2D eigenvalue weighted by Crippen LogP contribution is 2.22. The monoisotopic (exact) mass is 353 g/mol. The first kappa shape index (κ1) is 18.4. The van der Waals surface area contributed by atoms with E-state index >= 15 is 0 Å². The average Bonchev–Trinajstić information content (AvgIpc) is 2.67. The van der Waals surface area contributed by atoms with Crippen molar-refractivity contribution in [3.63, 3.8) is 0 Å². The molecule has 2 aromatic carbocycles. The Morgan fingerprint density at radius 1 is 1.08 bits per heavy atom. The molecule has 1 heterocycles. The number of nitrogens with zero attached hydrogens (tertiary/aromatic N) is 2. The number of phenols is 1. The van der Waals surface area contributed by atoms with Crippen molar-refractivity contribution < 1.29 is 9.90 Å². The molecule has 2 atom stereocenters. The van der Waals surface area contributed by atoms with Gasteiger partial charge in [-0.15, -0.1) is 0 Å². The molecular weight excluding hydrogens is 326 g/mol. The quantitative estimate of drug-likeness (QED) is 0.866. The molecule has 2 aromatic rings. The molecule has 26 heavy (non-hydrogen) atoms. The minimum atomic E-state index is -0.283. The zero-order chi connectivity index (χ0) is 18.5. The van der Waals surface area contributed by atoms with Gasteiger partial charge in [0.1, 0.15) is 5.75 Å². The molecule has 0 aliphatic carbocycles. The molecule has 3 rings (SSSR count). The van der Waals surface area contributed by atoms with Gasteiger partial charge in [0, 0.05) is 38.8 Å². The molecule has 0 spiro atoms. The van der Waals surface area contributed by atoms with E-state index in [1.54, 1.807) is 12.1 Å². The Morgan fingerprint density at radius 3 is 2.42 bits per heavy atom. The van der Waals surface area contributed by atoms with Crippen LogP contribution in [-0.2, 0) is 11.3 Å². The lowest BCUT2D eigenvalue weighted by atomic mass is 9.94. The number of piperazine rings is 1. The van der Waals surface area contributed by atoms with Crippen LogP contribution in [0.3, 0.4) is 0 Å². The first-order valence-electron chi connectivity index (χ1n) is 9.14. The third-order valence-electron chi connectivity index (χ3n) is 5.11. The van der Waals surface area contributed by atoms with Crippen molar-refractivity contribution in [2.24, 2.45) is 11.7 Å². The number of rotatable bonds is 5. The summed E-state index contributed by atoms with van der Waals surface area (Å²) in [7, 11) is 0. The van der Waals surface area contributed by atoms with Crippen molar-refractivity contribution in [2.45, 2.75) is 19.5 Å². The average molecular weight is 353 g/mol. The van der Waals surface area contributed by atoms with Crippen LogP contribution in [0.15, 0.2) is 54.6 Å². The van der Waals surface area contributed by atoms with E-state index in [0.717, 1.165) is 30.8 Å². The molecule has 1 saturated heterocycles. The third-order valence-corrected chi connectivity index (χ3v) is 5.11. The predicted molar refractivity (Wildman–Crippen MR) is 102 cm³/mol. The van der Waals surface area contributed by atoms with E-state index in [2.05, 4.69) is 4.90 Å². The summed E-state index contributed by atoms with van der Waals surface area (Å²) in [6.45, 7) is 5.78. The zero-order valence-corrected chi connectivity index (χ0v) is 15.2. The minimum absolute atomic E-state index is 0.123. The number of carbonyl (C=O) groups is 1. The van der Waals surface area contributed by atoms with Gasteiger partial charge in [0.25, 0.3) is 0 Å². The Bertz CT molecular complexity index is 727. The molecule has 0 bridgehead atoms. The van der Waals surface area contributed by atoms with Crippen LogP contribution in [0.2, 0.25) is 0 Å². The van der Waals surface area contributed by atoms with E-state index in [9.17, 15) is 9.90 Å². The molecule has 0 saturated carbocycles. The van der Waals surface area contributed by atoms with E-state index < -0.39 is 0 Å². The van der Waals surface area contributed by atoms with Crippen LogP contribution < -0.4 is 5.73 Å². The number of hydrogen-bond acceptors (Lipinski definition) is 4. The summed E-state index contributed by atoms with van der Waals surface area (Å²) in [5.74, 6) is 0.174. The molecular formula is C21H27N3O2. The van der Waals surface area contributed by atoms with Gasteiger partial charge in [0.15, 0.2) is 0 Å². The summed E-state index contributed by atoms with van der Waals surface area (Å²) >= 11 is 0. The third kappa shape index (κ3) is 4.42. The van der Waals surface area contributed by atoms with Crippen LogP contribution in [0.4, 0.5) is 0 Å². The van der Waals surface area contributed by atoms with Crippen LogP contribution in [0.25, 0.3) is 0 Å². The SMILES string of the molecule is CC(C(=O)N1CCN(Cc2cccc(O)c2)CC1)C(N)c1ccccc1. The largest absolute Gasteiger partial charge is 0.508 e. The summed E-state index contributed by atoms with van der Waals surface area (Å²) in [5.41, 5.74) is 8.39. The first-order chi connectivity index (χ1) is 12.5. The minimum Gasteiger partial charge on any atom is -0.508 e. The lowest BCUT2D eigenvalue weighted by Crippen LogP contribution is -2.50. The molecule has 0 radical (unpaired) electrons. The molecule has 1 amide bonds. The fourth-order valence-electron chi connectivity index (χ4n) is 3.44. The smallest absolute Gasteiger partial charge is 0.227 e. The van der Waals surface area contributed by atoms with E-state index in [0.29, 0.717) is 18.8 Å². The molecule has 5 heteroatoms. The first-order valence-corrected chi connectivity index (χ1v) is 9.14. The Balaban J connectivity index is 1.53. The van der Waals surface area contributed by atoms with Crippen molar-refractivity contribution in [1.29, 1.82) is 0 Å². The van der Waals surface area contributed by atoms with E-state index in [1.807, 2.05) is 54.3 Å². The lowest BCUT2D eigenvalue weighted by molar-refractivity contribution is -0.137. The number of nitrogens with two attached hydrogens (primary N) is 1. The summed E-state index contributed by atoms with van der Waals surface area (Å²) in [5, 5.41) is 9.58. The summed E-state index contributed by atoms with van der Waals surface area (Å²) < 4.78 is 0. The molecule has 138 valence electrons. The Kier molecular flexibility index (Phi) is 5.91. The summed E-state index contributed by atoms with van der Waals surface area (Å²) in [4.78, 5) is 17.0. The molecule has 5 nitrogen and oxygen atoms in total. The molecule has 1 aliphatic heterocycles. The maximum Gasteiger partial charge on any atom is 0.227 e. The van der Waals surface area contributed by atoms with Crippen LogP contribution in [0.1, 0.15) is 24.1 Å². The van der Waals surface area contributed by atoms with Crippen LogP contribution in [0.5, 0.6) is 5.75 Å². The Labute approximate surface area is 155 Å². The second-order valence-corrected chi connectivity index (χ2v) is 7.00. The number of amides is 1. The fourth-order valence-corrected chi connectivity index (χ4v) is 3.44. The van der Waals surface area contributed by atoms with Gasteiger partial charge in [0.2, 0.25) is 5.91 Å². The van der Waals surface area contributed by atoms with Gasteiger partial charge in [-0.2, -0.15) is 0 Å². The number of benzene rings is 2. The molecule has 3 N–H and O–H groups in total. The molecule has 1 aliphatic rings. The Morgan fingerprint density at radius 2 is 1.77 bits per heavy atom. The topological polar surface area (TPSA) is 69.8 Å². The number of phenolic OH excluding ortho intramolecular Hbond substituents is 1.